The lowest BCUT2D eigenvalue weighted by molar-refractivity contribution is 0.439. The Balaban J connectivity index is 2.66. The third-order valence-corrected chi connectivity index (χ3v) is 3.04. The van der Waals surface area contributed by atoms with Crippen molar-refractivity contribution in [1.29, 1.82) is 0 Å². The van der Waals surface area contributed by atoms with E-state index in [-0.39, 0.29) is 0 Å². The fourth-order valence-corrected chi connectivity index (χ4v) is 1.36. The molecule has 0 amide bonds. The Hall–Kier alpha value is -1.32. The summed E-state index contributed by atoms with van der Waals surface area (Å²) in [6.45, 7) is 12.6. The Morgan fingerprint density at radius 2 is 1.94 bits per heavy atom. The second kappa shape index (κ2) is 6.42. The van der Waals surface area contributed by atoms with Gasteiger partial charge in [-0.2, -0.15) is 4.98 Å². The Labute approximate surface area is 104 Å². The van der Waals surface area contributed by atoms with E-state index in [1.165, 1.54) is 0 Å². The topological polar surface area (TPSA) is 49.8 Å². The summed E-state index contributed by atoms with van der Waals surface area (Å²) in [5, 5.41) is 6.53. The van der Waals surface area contributed by atoms with Crippen LogP contribution in [0.15, 0.2) is 6.20 Å². The number of nitrogens with one attached hydrogen (secondary N) is 2. The van der Waals surface area contributed by atoms with Gasteiger partial charge in [-0.15, -0.1) is 0 Å². The fourth-order valence-electron chi connectivity index (χ4n) is 1.36. The molecule has 0 aliphatic heterocycles. The minimum absolute atomic E-state index is 0.631. The van der Waals surface area contributed by atoms with Crippen LogP contribution in [0.25, 0.3) is 0 Å². The predicted molar refractivity (Wildman–Crippen MR) is 73.4 cm³/mol. The van der Waals surface area contributed by atoms with Gasteiger partial charge >= 0.3 is 0 Å². The smallest absolute Gasteiger partial charge is 0.224 e. The van der Waals surface area contributed by atoms with Crippen molar-refractivity contribution in [3.63, 3.8) is 0 Å². The summed E-state index contributed by atoms with van der Waals surface area (Å²) < 4.78 is 0. The zero-order valence-electron chi connectivity index (χ0n) is 11.5. The van der Waals surface area contributed by atoms with Crippen LogP contribution in [-0.4, -0.2) is 23.1 Å². The predicted octanol–water partition coefficient (Wildman–Crippen LogP) is 2.92. The van der Waals surface area contributed by atoms with Crippen LogP contribution in [0.3, 0.4) is 0 Å². The van der Waals surface area contributed by atoms with E-state index in [1.807, 2.05) is 20.0 Å². The summed E-state index contributed by atoms with van der Waals surface area (Å²) >= 11 is 0. The first-order valence-corrected chi connectivity index (χ1v) is 6.36. The summed E-state index contributed by atoms with van der Waals surface area (Å²) in [5.74, 6) is 2.94. The average molecular weight is 236 g/mol. The number of aryl methyl sites for hydroxylation is 1. The lowest BCUT2D eigenvalue weighted by Gasteiger charge is -2.17. The molecular weight excluding hydrogens is 212 g/mol. The highest BCUT2D eigenvalue weighted by atomic mass is 15.1. The maximum Gasteiger partial charge on any atom is 0.224 e. The van der Waals surface area contributed by atoms with Gasteiger partial charge in [-0.1, -0.05) is 20.8 Å². The van der Waals surface area contributed by atoms with E-state index >= 15 is 0 Å². The Morgan fingerprint density at radius 1 is 1.24 bits per heavy atom. The van der Waals surface area contributed by atoms with Crippen LogP contribution < -0.4 is 10.6 Å². The lowest BCUT2D eigenvalue weighted by atomic mass is 9.98. The summed E-state index contributed by atoms with van der Waals surface area (Å²) in [4.78, 5) is 8.69. The molecule has 0 aliphatic rings. The van der Waals surface area contributed by atoms with Crippen molar-refractivity contribution in [1.82, 2.24) is 9.97 Å². The summed E-state index contributed by atoms with van der Waals surface area (Å²) in [5.41, 5.74) is 1.09. The van der Waals surface area contributed by atoms with E-state index in [9.17, 15) is 0 Å². The highest BCUT2D eigenvalue weighted by Crippen LogP contribution is 2.15. The minimum Gasteiger partial charge on any atom is -0.369 e. The Kier molecular flexibility index (Phi) is 5.19. The van der Waals surface area contributed by atoms with Gasteiger partial charge < -0.3 is 10.6 Å². The van der Waals surface area contributed by atoms with Crippen molar-refractivity contribution in [2.45, 2.75) is 34.6 Å². The number of hydrogen-bond acceptors (Lipinski definition) is 4. The summed E-state index contributed by atoms with van der Waals surface area (Å²) in [6.07, 6.45) is 1.85. The summed E-state index contributed by atoms with van der Waals surface area (Å²) in [6, 6.07) is 0. The van der Waals surface area contributed by atoms with Crippen LogP contribution in [0.2, 0.25) is 0 Å². The molecule has 1 aromatic heterocycles. The first-order chi connectivity index (χ1) is 8.04. The van der Waals surface area contributed by atoms with Crippen molar-refractivity contribution in [2.75, 3.05) is 23.7 Å². The zero-order chi connectivity index (χ0) is 12.8. The first-order valence-electron chi connectivity index (χ1n) is 6.36. The van der Waals surface area contributed by atoms with E-state index < -0.39 is 0 Å². The third kappa shape index (κ3) is 4.21. The molecule has 17 heavy (non-hydrogen) atoms. The molecule has 96 valence electrons. The van der Waals surface area contributed by atoms with Gasteiger partial charge in [0.15, 0.2) is 0 Å². The third-order valence-electron chi connectivity index (χ3n) is 3.04. The minimum atomic E-state index is 0.631. The van der Waals surface area contributed by atoms with Gasteiger partial charge in [0, 0.05) is 24.8 Å². The molecule has 1 atom stereocenters. The average Bonchev–Trinajstić information content (AvgIpc) is 2.29. The molecule has 0 aliphatic carbocycles. The van der Waals surface area contributed by atoms with Crippen LogP contribution in [0.4, 0.5) is 11.8 Å². The SMILES string of the molecule is CCNc1ncc(C)c(NCC(C)C(C)C)n1. The fraction of sp³-hybridized carbons (Fsp3) is 0.692. The molecule has 0 radical (unpaired) electrons. The van der Waals surface area contributed by atoms with Gasteiger partial charge in [0.2, 0.25) is 5.95 Å². The van der Waals surface area contributed by atoms with Gasteiger partial charge in [-0.25, -0.2) is 4.98 Å². The van der Waals surface area contributed by atoms with Crippen LogP contribution in [-0.2, 0) is 0 Å². The maximum absolute atomic E-state index is 4.46. The molecule has 0 bridgehead atoms. The van der Waals surface area contributed by atoms with Crippen molar-refractivity contribution in [2.24, 2.45) is 11.8 Å². The molecule has 1 heterocycles. The number of anilines is 2. The van der Waals surface area contributed by atoms with Gasteiger partial charge in [0.1, 0.15) is 5.82 Å². The standard InChI is InChI=1S/C13H24N4/c1-6-14-13-16-8-11(5)12(17-13)15-7-10(4)9(2)3/h8-10H,6-7H2,1-5H3,(H2,14,15,16,17). The van der Waals surface area contributed by atoms with E-state index in [4.69, 9.17) is 0 Å². The molecule has 1 rings (SSSR count). The molecule has 4 heteroatoms. The number of hydrogen-bond donors (Lipinski definition) is 2. The Morgan fingerprint density at radius 3 is 2.53 bits per heavy atom. The van der Waals surface area contributed by atoms with Crippen molar-refractivity contribution in [3.05, 3.63) is 11.8 Å². The van der Waals surface area contributed by atoms with Gasteiger partial charge in [0.25, 0.3) is 0 Å². The maximum atomic E-state index is 4.46. The zero-order valence-corrected chi connectivity index (χ0v) is 11.5. The molecule has 2 N–H and O–H groups in total. The van der Waals surface area contributed by atoms with Crippen LogP contribution >= 0.6 is 0 Å². The highest BCUT2D eigenvalue weighted by molar-refractivity contribution is 5.46. The molecule has 0 fully saturated rings. The van der Waals surface area contributed by atoms with Crippen molar-refractivity contribution >= 4 is 11.8 Å². The number of rotatable bonds is 6. The largest absolute Gasteiger partial charge is 0.369 e. The summed E-state index contributed by atoms with van der Waals surface area (Å²) in [7, 11) is 0. The van der Waals surface area contributed by atoms with Crippen molar-refractivity contribution < 1.29 is 0 Å². The van der Waals surface area contributed by atoms with Gasteiger partial charge in [-0.3, -0.25) is 0 Å². The van der Waals surface area contributed by atoms with Crippen LogP contribution in [0, 0.1) is 18.8 Å². The molecule has 0 saturated carbocycles. The molecule has 0 spiro atoms. The lowest BCUT2D eigenvalue weighted by Crippen LogP contribution is -2.18. The number of nitrogens with zero attached hydrogens (tertiary/aromatic N) is 2. The van der Waals surface area contributed by atoms with Crippen molar-refractivity contribution in [3.8, 4) is 0 Å². The van der Waals surface area contributed by atoms with E-state index in [0.717, 1.165) is 24.5 Å². The van der Waals surface area contributed by atoms with E-state index in [1.54, 1.807) is 0 Å². The first kappa shape index (κ1) is 13.7. The highest BCUT2D eigenvalue weighted by Gasteiger charge is 2.08. The molecule has 0 saturated heterocycles. The molecule has 1 aromatic rings. The normalized spacial score (nSPS) is 12.6. The molecular formula is C13H24N4. The van der Waals surface area contributed by atoms with Crippen LogP contribution in [0.1, 0.15) is 33.3 Å². The second-order valence-electron chi connectivity index (χ2n) is 4.86. The quantitative estimate of drug-likeness (QED) is 0.797. The monoisotopic (exact) mass is 236 g/mol. The van der Waals surface area contributed by atoms with Gasteiger partial charge in [-0.05, 0) is 25.7 Å². The Bertz CT molecular complexity index is 349. The van der Waals surface area contributed by atoms with E-state index in [2.05, 4.69) is 41.4 Å². The molecule has 1 unspecified atom stereocenters. The molecule has 4 nitrogen and oxygen atoms in total. The second-order valence-corrected chi connectivity index (χ2v) is 4.86. The molecule has 0 aromatic carbocycles. The number of aromatic nitrogens is 2. The van der Waals surface area contributed by atoms with Gasteiger partial charge in [0.05, 0.1) is 0 Å². The van der Waals surface area contributed by atoms with E-state index in [0.29, 0.717) is 17.8 Å². The van der Waals surface area contributed by atoms with Crippen LogP contribution in [0.5, 0.6) is 0 Å².